The highest BCUT2D eigenvalue weighted by Gasteiger charge is 2.30. The Kier molecular flexibility index (Phi) is 6.23. The van der Waals surface area contributed by atoms with E-state index in [1.54, 1.807) is 6.07 Å². The Labute approximate surface area is 145 Å². The standard InChI is InChI=1S/C20H32N2O2/c1-19(2,3)12-15(18(24)16(22)9-10-21)14-11-13(20(4,5)6)7-8-17(14)23/h7-9,11,15,23H,10,12,21-22H2,1-6H3. The molecular weight excluding hydrogens is 300 g/mol. The van der Waals surface area contributed by atoms with Crippen molar-refractivity contribution in [2.75, 3.05) is 6.54 Å². The second-order valence-corrected chi connectivity index (χ2v) is 8.60. The molecule has 0 amide bonds. The van der Waals surface area contributed by atoms with Crippen molar-refractivity contribution in [1.29, 1.82) is 0 Å². The Morgan fingerprint density at radius 3 is 2.25 bits per heavy atom. The molecule has 24 heavy (non-hydrogen) atoms. The van der Waals surface area contributed by atoms with E-state index in [0.717, 1.165) is 5.56 Å². The van der Waals surface area contributed by atoms with Crippen molar-refractivity contribution < 1.29 is 9.90 Å². The first-order valence-corrected chi connectivity index (χ1v) is 8.40. The third-order valence-electron chi connectivity index (χ3n) is 4.02. The molecule has 1 unspecified atom stereocenters. The van der Waals surface area contributed by atoms with Crippen LogP contribution < -0.4 is 11.5 Å². The van der Waals surface area contributed by atoms with Crippen LogP contribution in [0.1, 0.15) is 65.0 Å². The van der Waals surface area contributed by atoms with E-state index in [2.05, 4.69) is 41.5 Å². The van der Waals surface area contributed by atoms with Crippen molar-refractivity contribution in [3.63, 3.8) is 0 Å². The van der Waals surface area contributed by atoms with E-state index in [-0.39, 0.29) is 34.6 Å². The van der Waals surface area contributed by atoms with E-state index >= 15 is 0 Å². The summed E-state index contributed by atoms with van der Waals surface area (Å²) >= 11 is 0. The van der Waals surface area contributed by atoms with Gasteiger partial charge in [-0.05, 0) is 35.0 Å². The molecule has 0 radical (unpaired) electrons. The van der Waals surface area contributed by atoms with E-state index < -0.39 is 5.92 Å². The lowest BCUT2D eigenvalue weighted by atomic mass is 9.76. The fraction of sp³-hybridized carbons (Fsp3) is 0.550. The molecule has 4 heteroatoms. The predicted octanol–water partition coefficient (Wildman–Crippen LogP) is 3.58. The largest absolute Gasteiger partial charge is 0.508 e. The second-order valence-electron chi connectivity index (χ2n) is 8.60. The van der Waals surface area contributed by atoms with Gasteiger partial charge < -0.3 is 16.6 Å². The maximum absolute atomic E-state index is 12.9. The number of nitrogens with two attached hydrogens (primary N) is 2. The number of rotatable bonds is 5. The highest BCUT2D eigenvalue weighted by Crippen LogP contribution is 2.39. The molecule has 0 fully saturated rings. The minimum absolute atomic E-state index is 0.0730. The van der Waals surface area contributed by atoms with Gasteiger partial charge in [-0.25, -0.2) is 0 Å². The lowest BCUT2D eigenvalue weighted by Gasteiger charge is -2.28. The predicted molar refractivity (Wildman–Crippen MR) is 100.0 cm³/mol. The summed E-state index contributed by atoms with van der Waals surface area (Å²) in [5.74, 6) is -0.544. The van der Waals surface area contributed by atoms with Crippen molar-refractivity contribution in [1.82, 2.24) is 0 Å². The number of allylic oxidation sites excluding steroid dienone is 1. The number of ketones is 1. The van der Waals surface area contributed by atoms with E-state index in [9.17, 15) is 9.90 Å². The Balaban J connectivity index is 3.44. The van der Waals surface area contributed by atoms with Crippen LogP contribution in [0.4, 0.5) is 0 Å². The highest BCUT2D eigenvalue weighted by molar-refractivity contribution is 6.00. The van der Waals surface area contributed by atoms with Crippen LogP contribution in [0.15, 0.2) is 30.0 Å². The molecule has 0 aliphatic carbocycles. The maximum atomic E-state index is 12.9. The molecule has 1 aromatic rings. The van der Waals surface area contributed by atoms with Gasteiger partial charge in [-0.3, -0.25) is 4.79 Å². The lowest BCUT2D eigenvalue weighted by Crippen LogP contribution is -2.25. The zero-order valence-corrected chi connectivity index (χ0v) is 15.8. The zero-order chi connectivity index (χ0) is 18.7. The first-order chi connectivity index (χ1) is 10.9. The van der Waals surface area contributed by atoms with Gasteiger partial charge in [0.2, 0.25) is 0 Å². The number of carbonyl (C=O) groups excluding carboxylic acids is 1. The van der Waals surface area contributed by atoms with Gasteiger partial charge >= 0.3 is 0 Å². The Hall–Kier alpha value is -1.81. The van der Waals surface area contributed by atoms with Crippen molar-refractivity contribution in [2.24, 2.45) is 16.9 Å². The third kappa shape index (κ3) is 5.38. The van der Waals surface area contributed by atoms with E-state index in [1.165, 1.54) is 6.08 Å². The second kappa shape index (κ2) is 7.39. The van der Waals surface area contributed by atoms with Gasteiger partial charge in [0.05, 0.1) is 11.6 Å². The molecule has 0 saturated carbocycles. The molecular formula is C20H32N2O2. The van der Waals surface area contributed by atoms with Crippen LogP contribution >= 0.6 is 0 Å². The molecule has 1 rings (SSSR count). The number of carbonyl (C=O) groups is 1. The molecule has 4 nitrogen and oxygen atoms in total. The van der Waals surface area contributed by atoms with E-state index in [4.69, 9.17) is 11.5 Å². The van der Waals surface area contributed by atoms with Gasteiger partial charge in [0, 0.05) is 12.1 Å². The molecule has 5 N–H and O–H groups in total. The topological polar surface area (TPSA) is 89.3 Å². The van der Waals surface area contributed by atoms with Gasteiger partial charge in [0.1, 0.15) is 5.75 Å². The first kappa shape index (κ1) is 20.2. The molecule has 134 valence electrons. The van der Waals surface area contributed by atoms with Crippen molar-refractivity contribution in [2.45, 2.75) is 59.3 Å². The van der Waals surface area contributed by atoms with Crippen LogP contribution in [0.3, 0.4) is 0 Å². The smallest absolute Gasteiger partial charge is 0.185 e. The number of hydrogen-bond donors (Lipinski definition) is 3. The molecule has 0 aliphatic rings. The van der Waals surface area contributed by atoms with Crippen LogP contribution in [-0.4, -0.2) is 17.4 Å². The van der Waals surface area contributed by atoms with Crippen molar-refractivity contribution >= 4 is 5.78 Å². The lowest BCUT2D eigenvalue weighted by molar-refractivity contribution is -0.117. The van der Waals surface area contributed by atoms with Crippen LogP contribution in [0, 0.1) is 5.41 Å². The molecule has 0 heterocycles. The van der Waals surface area contributed by atoms with E-state index in [1.807, 2.05) is 12.1 Å². The molecule has 0 bridgehead atoms. The Bertz CT molecular complexity index is 620. The summed E-state index contributed by atoms with van der Waals surface area (Å²) in [5, 5.41) is 10.4. The highest BCUT2D eigenvalue weighted by atomic mass is 16.3. The summed E-state index contributed by atoms with van der Waals surface area (Å²) in [6.07, 6.45) is 2.12. The quantitative estimate of drug-likeness (QED) is 0.719. The molecule has 0 aromatic heterocycles. The van der Waals surface area contributed by atoms with Crippen molar-refractivity contribution in [3.8, 4) is 5.75 Å². The molecule has 0 aliphatic heterocycles. The minimum Gasteiger partial charge on any atom is -0.508 e. The normalized spacial score (nSPS) is 14.5. The zero-order valence-electron chi connectivity index (χ0n) is 15.8. The summed E-state index contributed by atoms with van der Waals surface area (Å²) in [5.41, 5.74) is 13.1. The average molecular weight is 332 g/mol. The maximum Gasteiger partial charge on any atom is 0.185 e. The molecule has 1 aromatic carbocycles. The van der Waals surface area contributed by atoms with Crippen LogP contribution in [0.5, 0.6) is 5.75 Å². The van der Waals surface area contributed by atoms with Crippen LogP contribution in [0.2, 0.25) is 0 Å². The monoisotopic (exact) mass is 332 g/mol. The minimum atomic E-state index is -0.491. The van der Waals surface area contributed by atoms with Gasteiger partial charge in [0.15, 0.2) is 5.78 Å². The fourth-order valence-electron chi connectivity index (χ4n) is 2.69. The van der Waals surface area contributed by atoms with Gasteiger partial charge in [-0.15, -0.1) is 0 Å². The molecule has 0 spiro atoms. The van der Waals surface area contributed by atoms with Crippen LogP contribution in [0.25, 0.3) is 0 Å². The first-order valence-electron chi connectivity index (χ1n) is 8.40. The van der Waals surface area contributed by atoms with Crippen LogP contribution in [-0.2, 0) is 10.2 Å². The summed E-state index contributed by atoms with van der Waals surface area (Å²) in [6, 6.07) is 5.50. The van der Waals surface area contributed by atoms with Crippen molar-refractivity contribution in [3.05, 3.63) is 41.1 Å². The molecule has 1 atom stereocenters. The fourth-order valence-corrected chi connectivity index (χ4v) is 2.69. The number of benzene rings is 1. The average Bonchev–Trinajstić information content (AvgIpc) is 2.42. The summed E-state index contributed by atoms with van der Waals surface area (Å²) in [7, 11) is 0. The van der Waals surface area contributed by atoms with Gasteiger partial charge in [0.25, 0.3) is 0 Å². The SMILES string of the molecule is CC(C)(C)CC(C(=O)C(N)=CCN)c1cc(C(C)(C)C)ccc1O. The van der Waals surface area contributed by atoms with Gasteiger partial charge in [-0.2, -0.15) is 0 Å². The number of phenols is 1. The Morgan fingerprint density at radius 1 is 1.21 bits per heavy atom. The van der Waals surface area contributed by atoms with E-state index in [0.29, 0.717) is 12.0 Å². The summed E-state index contributed by atoms with van der Waals surface area (Å²) < 4.78 is 0. The summed E-state index contributed by atoms with van der Waals surface area (Å²) in [6.45, 7) is 12.7. The third-order valence-corrected chi connectivity index (χ3v) is 4.02. The summed E-state index contributed by atoms with van der Waals surface area (Å²) in [4.78, 5) is 12.9. The number of Topliss-reactive ketones (excluding diaryl/α,β-unsaturated/α-hetero) is 1. The Morgan fingerprint density at radius 2 is 1.79 bits per heavy atom. The van der Waals surface area contributed by atoms with Gasteiger partial charge in [-0.1, -0.05) is 53.7 Å². The molecule has 0 saturated heterocycles. The number of phenolic OH excluding ortho intramolecular Hbond substituents is 1. The number of hydrogen-bond acceptors (Lipinski definition) is 4. The number of aromatic hydroxyl groups is 1.